The van der Waals surface area contributed by atoms with Crippen LogP contribution in [0.3, 0.4) is 0 Å². The zero-order valence-corrected chi connectivity index (χ0v) is 18.8. The number of hydrogen-bond donors (Lipinski definition) is 2. The Hall–Kier alpha value is -1.92. The second-order valence-corrected chi connectivity index (χ2v) is 9.86. The number of hydrogen-bond acceptors (Lipinski definition) is 6. The summed E-state index contributed by atoms with van der Waals surface area (Å²) in [5.74, 6) is -0.778. The fourth-order valence-corrected chi connectivity index (χ4v) is 4.19. The minimum absolute atomic E-state index is 0.00117. The normalized spacial score (nSPS) is 20.2. The molecule has 29 heavy (non-hydrogen) atoms. The summed E-state index contributed by atoms with van der Waals surface area (Å²) in [5, 5.41) is 9.76. The Kier molecular flexibility index (Phi) is 5.80. The Morgan fingerprint density at radius 1 is 1.34 bits per heavy atom. The smallest absolute Gasteiger partial charge is 0.407 e. The summed E-state index contributed by atoms with van der Waals surface area (Å²) in [6.45, 7) is 4.02. The number of piperazine rings is 1. The van der Waals surface area contributed by atoms with Crippen LogP contribution in [0.5, 0.6) is 0 Å². The molecule has 0 bridgehead atoms. The second-order valence-electron chi connectivity index (χ2n) is 6.91. The molecule has 158 valence electrons. The number of amides is 1. The van der Waals surface area contributed by atoms with E-state index in [0.29, 0.717) is 0 Å². The van der Waals surface area contributed by atoms with Crippen LogP contribution in [0.1, 0.15) is 13.8 Å². The van der Waals surface area contributed by atoms with Crippen LogP contribution in [0, 0.1) is 5.82 Å². The van der Waals surface area contributed by atoms with Crippen molar-refractivity contribution in [1.29, 1.82) is 0 Å². The van der Waals surface area contributed by atoms with Gasteiger partial charge in [-0.15, -0.1) is 0 Å². The third kappa shape index (κ3) is 4.33. The van der Waals surface area contributed by atoms with Gasteiger partial charge in [-0.1, -0.05) is 11.6 Å². The van der Waals surface area contributed by atoms with Gasteiger partial charge in [0.05, 0.1) is 15.8 Å². The van der Waals surface area contributed by atoms with Crippen LogP contribution in [-0.4, -0.2) is 65.9 Å². The first-order valence-electron chi connectivity index (χ1n) is 8.48. The number of carbonyl (C=O) groups is 1. The first-order valence-corrected chi connectivity index (χ1v) is 11.5. The monoisotopic (exact) mass is 509 g/mol. The lowest BCUT2D eigenvalue weighted by Gasteiger charge is -2.43. The molecule has 0 spiro atoms. The van der Waals surface area contributed by atoms with E-state index in [-0.39, 0.29) is 57.3 Å². The highest BCUT2D eigenvalue weighted by Gasteiger charge is 2.34. The number of halogens is 3. The molecule has 0 unspecified atom stereocenters. The van der Waals surface area contributed by atoms with Gasteiger partial charge in [-0.3, -0.25) is 4.72 Å². The van der Waals surface area contributed by atoms with Crippen LogP contribution in [0.2, 0.25) is 5.02 Å². The highest BCUT2D eigenvalue weighted by atomic mass is 79.9. The molecule has 0 aliphatic carbocycles. The van der Waals surface area contributed by atoms with Gasteiger partial charge in [-0.2, -0.15) is 4.98 Å². The number of benzene rings is 1. The van der Waals surface area contributed by atoms with Gasteiger partial charge in [0.25, 0.3) is 0 Å². The van der Waals surface area contributed by atoms with Crippen LogP contribution >= 0.6 is 27.5 Å². The van der Waals surface area contributed by atoms with Gasteiger partial charge in [-0.05, 0) is 35.8 Å². The average molecular weight is 511 g/mol. The van der Waals surface area contributed by atoms with Crippen molar-refractivity contribution in [2.75, 3.05) is 29.0 Å². The van der Waals surface area contributed by atoms with Gasteiger partial charge in [0, 0.05) is 30.6 Å². The van der Waals surface area contributed by atoms with Gasteiger partial charge in [0.1, 0.15) is 11.3 Å². The van der Waals surface area contributed by atoms with Gasteiger partial charge < -0.3 is 14.9 Å². The van der Waals surface area contributed by atoms with Gasteiger partial charge in [0.15, 0.2) is 5.82 Å². The fourth-order valence-electron chi connectivity index (χ4n) is 3.28. The van der Waals surface area contributed by atoms with E-state index in [1.54, 1.807) is 18.7 Å². The number of nitrogens with zero attached hydrogens (tertiary/aromatic N) is 4. The number of nitrogens with one attached hydrogen (secondary N) is 1. The molecule has 2 heterocycles. The van der Waals surface area contributed by atoms with Crippen molar-refractivity contribution < 1.29 is 22.7 Å². The maximum absolute atomic E-state index is 14.9. The van der Waals surface area contributed by atoms with Crippen molar-refractivity contribution in [2.24, 2.45) is 0 Å². The maximum atomic E-state index is 14.9. The second kappa shape index (κ2) is 7.73. The minimum Gasteiger partial charge on any atom is -0.465 e. The number of fused-ring (bicyclic) bond motifs is 1. The molecule has 2 aromatic rings. The number of anilines is 2. The van der Waals surface area contributed by atoms with E-state index in [0.717, 1.165) is 6.26 Å². The minimum atomic E-state index is -3.71. The molecule has 0 radical (unpaired) electrons. The topological polar surface area (TPSA) is 116 Å². The van der Waals surface area contributed by atoms with Crippen molar-refractivity contribution in [3.63, 3.8) is 0 Å². The molecule has 1 amide bonds. The lowest BCUT2D eigenvalue weighted by atomic mass is 10.1. The quantitative estimate of drug-likeness (QED) is 0.610. The molecule has 3 rings (SSSR count). The van der Waals surface area contributed by atoms with E-state index in [1.807, 2.05) is 0 Å². The first kappa shape index (κ1) is 21.8. The standard InChI is InChI=1S/C16H18BrClFN5O4S/c1-7-6-24(16(25)26)8(2)5-23(7)14-9-4-10(18)11(17)12(19)13(9)20-15(21-14)22-29(3,27)28/h4,7-8H,5-6H2,1-3H3,(H,25,26)(H,20,21,22)/t7-,8+/m0/s1. The van der Waals surface area contributed by atoms with E-state index in [4.69, 9.17) is 11.6 Å². The Bertz CT molecular complexity index is 1100. The predicted molar refractivity (Wildman–Crippen MR) is 112 cm³/mol. The van der Waals surface area contributed by atoms with E-state index in [9.17, 15) is 22.7 Å². The van der Waals surface area contributed by atoms with Gasteiger partial charge in [0.2, 0.25) is 16.0 Å². The Morgan fingerprint density at radius 3 is 2.59 bits per heavy atom. The van der Waals surface area contributed by atoms with E-state index >= 15 is 0 Å². The largest absolute Gasteiger partial charge is 0.465 e. The third-order valence-corrected chi connectivity index (χ3v) is 6.44. The van der Waals surface area contributed by atoms with E-state index in [1.165, 1.54) is 11.0 Å². The van der Waals surface area contributed by atoms with Gasteiger partial charge in [-0.25, -0.2) is 22.6 Å². The molecule has 1 saturated heterocycles. The predicted octanol–water partition coefficient (Wildman–Crippen LogP) is 3.13. The summed E-state index contributed by atoms with van der Waals surface area (Å²) in [6, 6.07) is 0.817. The molecule has 1 aromatic carbocycles. The van der Waals surface area contributed by atoms with Crippen molar-refractivity contribution in [1.82, 2.24) is 14.9 Å². The molecule has 1 aromatic heterocycles. The molecule has 1 aliphatic rings. The zero-order valence-electron chi connectivity index (χ0n) is 15.6. The van der Waals surface area contributed by atoms with Crippen LogP contribution in [0.15, 0.2) is 10.5 Å². The first-order chi connectivity index (χ1) is 13.4. The Morgan fingerprint density at radius 2 is 2.00 bits per heavy atom. The number of carboxylic acid groups (broad SMARTS) is 1. The van der Waals surface area contributed by atoms with E-state index in [2.05, 4.69) is 30.6 Å². The highest BCUT2D eigenvalue weighted by Crippen LogP contribution is 2.37. The molecule has 1 aliphatic heterocycles. The average Bonchev–Trinajstić information content (AvgIpc) is 2.60. The van der Waals surface area contributed by atoms with Crippen LogP contribution in [0.25, 0.3) is 10.9 Å². The van der Waals surface area contributed by atoms with Crippen LogP contribution < -0.4 is 9.62 Å². The van der Waals surface area contributed by atoms with Crippen molar-refractivity contribution in [2.45, 2.75) is 25.9 Å². The van der Waals surface area contributed by atoms with Crippen LogP contribution in [-0.2, 0) is 10.0 Å². The Labute approximate surface area is 180 Å². The van der Waals surface area contributed by atoms with Crippen molar-refractivity contribution in [3.8, 4) is 0 Å². The summed E-state index contributed by atoms with van der Waals surface area (Å²) >= 11 is 9.18. The molecule has 2 N–H and O–H groups in total. The number of rotatable bonds is 3. The van der Waals surface area contributed by atoms with Crippen molar-refractivity contribution in [3.05, 3.63) is 21.4 Å². The summed E-state index contributed by atoms with van der Waals surface area (Å²) in [6.07, 6.45) is -0.0981. The zero-order chi connectivity index (χ0) is 21.7. The fraction of sp³-hybridized carbons (Fsp3) is 0.438. The Balaban J connectivity index is 2.21. The summed E-state index contributed by atoms with van der Waals surface area (Å²) in [5.41, 5.74) is -0.113. The van der Waals surface area contributed by atoms with Gasteiger partial charge >= 0.3 is 6.09 Å². The van der Waals surface area contributed by atoms with Crippen molar-refractivity contribution >= 4 is 66.3 Å². The summed E-state index contributed by atoms with van der Waals surface area (Å²) in [7, 11) is -3.71. The third-order valence-electron chi connectivity index (χ3n) is 4.59. The van der Waals surface area contributed by atoms with E-state index < -0.39 is 21.9 Å². The maximum Gasteiger partial charge on any atom is 0.407 e. The molecular formula is C16H18BrClFN5O4S. The molecule has 1 fully saturated rings. The summed E-state index contributed by atoms with van der Waals surface area (Å²) in [4.78, 5) is 22.8. The van der Waals surface area contributed by atoms with Crippen LogP contribution in [0.4, 0.5) is 21.0 Å². The molecule has 9 nitrogen and oxygen atoms in total. The summed E-state index contributed by atoms with van der Waals surface area (Å²) < 4.78 is 40.4. The molecular weight excluding hydrogens is 493 g/mol. The SMILES string of the molecule is C[C@@H]1CN(c2nc(NS(C)(=O)=O)nc3c(F)c(Br)c(Cl)cc23)[C@@H](C)CN1C(=O)O. The molecule has 0 saturated carbocycles. The molecule has 13 heteroatoms. The highest BCUT2D eigenvalue weighted by molar-refractivity contribution is 9.10. The number of sulfonamides is 1. The number of aromatic nitrogens is 2. The lowest BCUT2D eigenvalue weighted by molar-refractivity contribution is 0.114. The molecule has 2 atom stereocenters. The lowest BCUT2D eigenvalue weighted by Crippen LogP contribution is -2.58.